The van der Waals surface area contributed by atoms with E-state index in [0.717, 1.165) is 31.5 Å². The average molecular weight is 296 g/mol. The summed E-state index contributed by atoms with van der Waals surface area (Å²) in [6.45, 7) is 5.43. The molecule has 1 aliphatic carbocycles. The minimum atomic E-state index is 0.0877. The predicted octanol–water partition coefficient (Wildman–Crippen LogP) is 2.08. The van der Waals surface area contributed by atoms with Crippen LogP contribution in [-0.4, -0.2) is 39.5 Å². The van der Waals surface area contributed by atoms with Gasteiger partial charge in [-0.15, -0.1) is 5.10 Å². The van der Waals surface area contributed by atoms with Gasteiger partial charge in [0.2, 0.25) is 0 Å². The molecular formula is C14H24N4OS. The van der Waals surface area contributed by atoms with E-state index in [9.17, 15) is 4.79 Å². The van der Waals surface area contributed by atoms with Gasteiger partial charge in [-0.25, -0.2) is 0 Å². The summed E-state index contributed by atoms with van der Waals surface area (Å²) in [5, 5.41) is 4.05. The SMILES string of the molecule is CCc1nnsc1C(=O)N(CC)C1CCCCC1CN. The van der Waals surface area contributed by atoms with Crippen LogP contribution in [-0.2, 0) is 6.42 Å². The van der Waals surface area contributed by atoms with Crippen molar-refractivity contribution in [2.75, 3.05) is 13.1 Å². The molecule has 0 saturated heterocycles. The highest BCUT2D eigenvalue weighted by Gasteiger charge is 2.33. The van der Waals surface area contributed by atoms with E-state index in [1.54, 1.807) is 0 Å². The summed E-state index contributed by atoms with van der Waals surface area (Å²) >= 11 is 1.22. The molecule has 2 N–H and O–H groups in total. The maximum atomic E-state index is 12.8. The maximum Gasteiger partial charge on any atom is 0.267 e. The Morgan fingerprint density at radius 2 is 2.15 bits per heavy atom. The molecule has 1 aromatic rings. The number of carbonyl (C=O) groups excluding carboxylic acids is 1. The van der Waals surface area contributed by atoms with Crippen molar-refractivity contribution in [1.82, 2.24) is 14.5 Å². The Kier molecular flexibility index (Phi) is 5.48. The predicted molar refractivity (Wildman–Crippen MR) is 80.8 cm³/mol. The Hall–Kier alpha value is -1.01. The first-order chi connectivity index (χ1) is 9.72. The van der Waals surface area contributed by atoms with Gasteiger partial charge in [0, 0.05) is 12.6 Å². The third-order valence-corrected chi connectivity index (χ3v) is 5.01. The van der Waals surface area contributed by atoms with Crippen LogP contribution in [0.5, 0.6) is 0 Å². The van der Waals surface area contributed by atoms with Crippen molar-refractivity contribution in [1.29, 1.82) is 0 Å². The fraction of sp³-hybridized carbons (Fsp3) is 0.786. The molecule has 2 unspecified atom stereocenters. The summed E-state index contributed by atoms with van der Waals surface area (Å²) in [5.74, 6) is 0.517. The lowest BCUT2D eigenvalue weighted by Gasteiger charge is -2.39. The van der Waals surface area contributed by atoms with E-state index in [-0.39, 0.29) is 11.9 Å². The van der Waals surface area contributed by atoms with Crippen molar-refractivity contribution in [3.63, 3.8) is 0 Å². The number of carbonyl (C=O) groups is 1. The number of amides is 1. The Morgan fingerprint density at radius 3 is 2.80 bits per heavy atom. The number of hydrogen-bond donors (Lipinski definition) is 1. The van der Waals surface area contributed by atoms with Crippen molar-refractivity contribution in [2.24, 2.45) is 11.7 Å². The van der Waals surface area contributed by atoms with E-state index in [0.29, 0.717) is 17.3 Å². The maximum absolute atomic E-state index is 12.8. The summed E-state index contributed by atoms with van der Waals surface area (Å²) in [6.07, 6.45) is 5.36. The smallest absolute Gasteiger partial charge is 0.267 e. The lowest BCUT2D eigenvalue weighted by atomic mass is 9.83. The van der Waals surface area contributed by atoms with Crippen LogP contribution in [0, 0.1) is 5.92 Å². The van der Waals surface area contributed by atoms with E-state index in [1.165, 1.54) is 24.4 Å². The zero-order chi connectivity index (χ0) is 14.5. The van der Waals surface area contributed by atoms with E-state index < -0.39 is 0 Å². The number of nitrogens with zero attached hydrogens (tertiary/aromatic N) is 3. The highest BCUT2D eigenvalue weighted by Crippen LogP contribution is 2.29. The highest BCUT2D eigenvalue weighted by atomic mass is 32.1. The number of rotatable bonds is 5. The van der Waals surface area contributed by atoms with Gasteiger partial charge in [-0.3, -0.25) is 4.79 Å². The number of aryl methyl sites for hydroxylation is 1. The molecule has 2 rings (SSSR count). The summed E-state index contributed by atoms with van der Waals surface area (Å²) in [7, 11) is 0. The second-order valence-corrected chi connectivity index (χ2v) is 6.10. The molecule has 1 amide bonds. The molecule has 1 aromatic heterocycles. The van der Waals surface area contributed by atoms with Gasteiger partial charge < -0.3 is 10.6 Å². The van der Waals surface area contributed by atoms with Crippen LogP contribution < -0.4 is 5.73 Å². The zero-order valence-electron chi connectivity index (χ0n) is 12.3. The topological polar surface area (TPSA) is 72.1 Å². The van der Waals surface area contributed by atoms with Gasteiger partial charge in [-0.2, -0.15) is 0 Å². The Morgan fingerprint density at radius 1 is 1.40 bits per heavy atom. The van der Waals surface area contributed by atoms with Gasteiger partial charge >= 0.3 is 0 Å². The van der Waals surface area contributed by atoms with Crippen molar-refractivity contribution in [3.8, 4) is 0 Å². The molecular weight excluding hydrogens is 272 g/mol. The Labute approximate surface area is 124 Å². The van der Waals surface area contributed by atoms with Crippen molar-refractivity contribution in [3.05, 3.63) is 10.6 Å². The standard InChI is InChI=1S/C14H24N4OS/c1-3-11-13(20-17-16-11)14(19)18(4-2)12-8-6-5-7-10(12)9-15/h10,12H,3-9,15H2,1-2H3. The van der Waals surface area contributed by atoms with Gasteiger partial charge in [0.15, 0.2) is 0 Å². The summed E-state index contributed by atoms with van der Waals surface area (Å²) < 4.78 is 3.93. The minimum Gasteiger partial charge on any atom is -0.335 e. The van der Waals surface area contributed by atoms with E-state index in [4.69, 9.17) is 5.73 Å². The van der Waals surface area contributed by atoms with Gasteiger partial charge in [-0.05, 0) is 50.2 Å². The van der Waals surface area contributed by atoms with Crippen LogP contribution >= 0.6 is 11.5 Å². The molecule has 112 valence electrons. The molecule has 1 heterocycles. The van der Waals surface area contributed by atoms with Gasteiger partial charge in [0.1, 0.15) is 4.88 Å². The fourth-order valence-corrected chi connectivity index (χ4v) is 3.84. The summed E-state index contributed by atoms with van der Waals surface area (Å²) in [5.41, 5.74) is 6.72. The van der Waals surface area contributed by atoms with E-state index >= 15 is 0 Å². The molecule has 0 radical (unpaired) electrons. The lowest BCUT2D eigenvalue weighted by molar-refractivity contribution is 0.0563. The van der Waals surface area contributed by atoms with Gasteiger partial charge in [-0.1, -0.05) is 24.3 Å². The van der Waals surface area contributed by atoms with Crippen molar-refractivity contribution >= 4 is 17.4 Å². The first-order valence-corrected chi connectivity index (χ1v) is 8.32. The monoisotopic (exact) mass is 296 g/mol. The van der Waals surface area contributed by atoms with Crippen LogP contribution in [0.25, 0.3) is 0 Å². The first-order valence-electron chi connectivity index (χ1n) is 7.55. The van der Waals surface area contributed by atoms with E-state index in [1.807, 2.05) is 18.7 Å². The third kappa shape index (κ3) is 3.01. The molecule has 6 heteroatoms. The normalized spacial score (nSPS) is 22.8. The third-order valence-electron chi connectivity index (χ3n) is 4.26. The lowest BCUT2D eigenvalue weighted by Crippen LogP contribution is -2.48. The molecule has 0 aliphatic heterocycles. The van der Waals surface area contributed by atoms with Gasteiger partial charge in [0.05, 0.1) is 5.69 Å². The molecule has 1 aliphatic rings. The first kappa shape index (κ1) is 15.4. The molecule has 1 fully saturated rings. The second-order valence-electron chi connectivity index (χ2n) is 5.34. The Balaban J connectivity index is 2.20. The molecule has 5 nitrogen and oxygen atoms in total. The van der Waals surface area contributed by atoms with Crippen LogP contribution in [0.3, 0.4) is 0 Å². The van der Waals surface area contributed by atoms with Crippen LogP contribution in [0.4, 0.5) is 0 Å². The van der Waals surface area contributed by atoms with Crippen molar-refractivity contribution < 1.29 is 4.79 Å². The number of aromatic nitrogens is 2. The molecule has 20 heavy (non-hydrogen) atoms. The summed E-state index contributed by atoms with van der Waals surface area (Å²) in [4.78, 5) is 15.5. The number of nitrogens with two attached hydrogens (primary N) is 1. The highest BCUT2D eigenvalue weighted by molar-refractivity contribution is 7.08. The molecule has 1 saturated carbocycles. The average Bonchev–Trinajstić information content (AvgIpc) is 2.96. The molecule has 0 bridgehead atoms. The Bertz CT molecular complexity index is 448. The van der Waals surface area contributed by atoms with E-state index in [2.05, 4.69) is 9.59 Å². The molecule has 0 spiro atoms. The van der Waals surface area contributed by atoms with Crippen LogP contribution in [0.2, 0.25) is 0 Å². The number of hydrogen-bond acceptors (Lipinski definition) is 5. The summed E-state index contributed by atoms with van der Waals surface area (Å²) in [6, 6.07) is 0.276. The van der Waals surface area contributed by atoms with Crippen molar-refractivity contribution in [2.45, 2.75) is 52.0 Å². The quantitative estimate of drug-likeness (QED) is 0.903. The van der Waals surface area contributed by atoms with Crippen LogP contribution in [0.1, 0.15) is 54.9 Å². The zero-order valence-corrected chi connectivity index (χ0v) is 13.2. The second kappa shape index (κ2) is 7.13. The fourth-order valence-electron chi connectivity index (χ4n) is 3.13. The minimum absolute atomic E-state index is 0.0877. The largest absolute Gasteiger partial charge is 0.335 e. The van der Waals surface area contributed by atoms with Gasteiger partial charge in [0.25, 0.3) is 5.91 Å². The molecule has 0 aromatic carbocycles. The molecule has 2 atom stereocenters. The van der Waals surface area contributed by atoms with Crippen LogP contribution in [0.15, 0.2) is 0 Å².